The lowest BCUT2D eigenvalue weighted by Crippen LogP contribution is -2.44. The highest BCUT2D eigenvalue weighted by Crippen LogP contribution is 2.33. The van der Waals surface area contributed by atoms with Crippen molar-refractivity contribution in [3.05, 3.63) is 59.1 Å². The smallest absolute Gasteiger partial charge is 0.412 e. The van der Waals surface area contributed by atoms with Crippen LogP contribution in [0.3, 0.4) is 0 Å². The average Bonchev–Trinajstić information content (AvgIpc) is 2.65. The summed E-state index contributed by atoms with van der Waals surface area (Å²) in [6.07, 6.45) is -1.37. The normalized spacial score (nSPS) is 12.3. The number of halogens is 1. The first-order valence-corrected chi connectivity index (χ1v) is 8.31. The first-order chi connectivity index (χ1) is 12.4. The molecule has 7 heteroatoms. The van der Waals surface area contributed by atoms with Gasteiger partial charge in [0.1, 0.15) is 5.75 Å². The number of amides is 1. The Bertz CT molecular complexity index is 714. The average molecular weight is 380 g/mol. The molecule has 1 atom stereocenters. The lowest BCUT2D eigenvalue weighted by molar-refractivity contribution is -0.263. The molecule has 0 spiro atoms. The first kappa shape index (κ1) is 20.0. The molecule has 0 aliphatic carbocycles. The van der Waals surface area contributed by atoms with Crippen LogP contribution in [0.2, 0.25) is 5.02 Å². The maximum absolute atomic E-state index is 12.2. The third kappa shape index (κ3) is 4.46. The molecule has 2 aromatic carbocycles. The molecule has 0 radical (unpaired) electrons. The summed E-state index contributed by atoms with van der Waals surface area (Å²) in [5, 5.41) is 3.22. The van der Waals surface area contributed by atoms with Gasteiger partial charge in [-0.3, -0.25) is 5.32 Å². The molecule has 1 amide bonds. The molecule has 0 bridgehead atoms. The molecule has 0 fully saturated rings. The summed E-state index contributed by atoms with van der Waals surface area (Å²) >= 11 is 5.83. The highest BCUT2D eigenvalue weighted by Gasteiger charge is 2.41. The topological polar surface area (TPSA) is 66.0 Å². The van der Waals surface area contributed by atoms with Gasteiger partial charge in [-0.15, -0.1) is 0 Å². The van der Waals surface area contributed by atoms with Crippen LogP contribution in [0.25, 0.3) is 0 Å². The van der Waals surface area contributed by atoms with Gasteiger partial charge in [0.15, 0.2) is 6.10 Å². The number of carbonyl (C=O) groups is 1. The van der Waals surface area contributed by atoms with Gasteiger partial charge in [0.25, 0.3) is 0 Å². The van der Waals surface area contributed by atoms with Gasteiger partial charge in [0.05, 0.1) is 7.11 Å². The lowest BCUT2D eigenvalue weighted by Gasteiger charge is -2.36. The Morgan fingerprint density at radius 2 is 1.58 bits per heavy atom. The molecule has 0 heterocycles. The Balaban J connectivity index is 2.14. The Kier molecular flexibility index (Phi) is 6.85. The van der Waals surface area contributed by atoms with Crippen molar-refractivity contribution in [1.29, 1.82) is 0 Å². The third-order valence-electron chi connectivity index (χ3n) is 4.01. The van der Waals surface area contributed by atoms with Crippen molar-refractivity contribution in [2.75, 3.05) is 26.6 Å². The maximum Gasteiger partial charge on any atom is 0.412 e. The van der Waals surface area contributed by atoms with Gasteiger partial charge >= 0.3 is 6.09 Å². The van der Waals surface area contributed by atoms with Crippen LogP contribution in [-0.2, 0) is 20.0 Å². The minimum absolute atomic E-state index is 0.566. The summed E-state index contributed by atoms with van der Waals surface area (Å²) in [4.78, 5) is 12.2. The molecular weight excluding hydrogens is 358 g/mol. The van der Waals surface area contributed by atoms with E-state index in [4.69, 9.17) is 30.5 Å². The van der Waals surface area contributed by atoms with Crippen molar-refractivity contribution in [3.63, 3.8) is 0 Å². The van der Waals surface area contributed by atoms with E-state index in [2.05, 4.69) is 5.32 Å². The third-order valence-corrected chi connectivity index (χ3v) is 4.26. The van der Waals surface area contributed by atoms with Crippen molar-refractivity contribution in [2.24, 2.45) is 0 Å². The monoisotopic (exact) mass is 379 g/mol. The summed E-state index contributed by atoms with van der Waals surface area (Å²) in [6.45, 7) is 1.69. The summed E-state index contributed by atoms with van der Waals surface area (Å²) in [6, 6.07) is 13.9. The summed E-state index contributed by atoms with van der Waals surface area (Å²) in [5.74, 6) is -0.562. The van der Waals surface area contributed by atoms with E-state index < -0.39 is 18.0 Å². The van der Waals surface area contributed by atoms with E-state index in [-0.39, 0.29) is 0 Å². The summed E-state index contributed by atoms with van der Waals surface area (Å²) < 4.78 is 21.8. The van der Waals surface area contributed by atoms with Crippen LogP contribution in [-0.4, -0.2) is 33.5 Å². The number of benzene rings is 2. The largest absolute Gasteiger partial charge is 0.497 e. The molecule has 1 unspecified atom stereocenters. The molecule has 26 heavy (non-hydrogen) atoms. The fraction of sp³-hybridized carbons (Fsp3) is 0.316. The van der Waals surface area contributed by atoms with Crippen LogP contribution >= 0.6 is 11.6 Å². The van der Waals surface area contributed by atoms with Gasteiger partial charge in [0, 0.05) is 30.5 Å². The lowest BCUT2D eigenvalue weighted by atomic mass is 10.0. The van der Waals surface area contributed by atoms with Crippen molar-refractivity contribution in [3.8, 4) is 5.75 Å². The maximum atomic E-state index is 12.2. The van der Waals surface area contributed by atoms with E-state index >= 15 is 0 Å². The fourth-order valence-corrected chi connectivity index (χ4v) is 2.75. The Morgan fingerprint density at radius 1 is 1.00 bits per heavy atom. The molecule has 140 valence electrons. The van der Waals surface area contributed by atoms with Gasteiger partial charge < -0.3 is 18.9 Å². The molecular formula is C19H22ClNO5. The molecule has 0 saturated carbocycles. The van der Waals surface area contributed by atoms with Crippen molar-refractivity contribution < 1.29 is 23.7 Å². The minimum atomic E-state index is -1.26. The number of nitrogens with one attached hydrogen (secondary N) is 1. The van der Waals surface area contributed by atoms with E-state index in [1.54, 1.807) is 62.6 Å². The zero-order valence-corrected chi connectivity index (χ0v) is 15.9. The molecule has 2 aromatic rings. The first-order valence-electron chi connectivity index (χ1n) is 7.93. The molecule has 2 rings (SSSR count). The number of hydrogen-bond donors (Lipinski definition) is 1. The Morgan fingerprint density at radius 3 is 2.08 bits per heavy atom. The van der Waals surface area contributed by atoms with Gasteiger partial charge in [-0.2, -0.15) is 0 Å². The SMILES string of the molecule is COc1ccc(C(OC)(OC)C(C)OC(=O)Nc2ccc(Cl)cc2)cc1. The highest BCUT2D eigenvalue weighted by molar-refractivity contribution is 6.30. The van der Waals surface area contributed by atoms with Crippen molar-refractivity contribution in [1.82, 2.24) is 0 Å². The van der Waals surface area contributed by atoms with Crippen LogP contribution in [0.4, 0.5) is 10.5 Å². The van der Waals surface area contributed by atoms with Crippen LogP contribution < -0.4 is 10.1 Å². The highest BCUT2D eigenvalue weighted by atomic mass is 35.5. The van der Waals surface area contributed by atoms with Gasteiger partial charge in [-0.1, -0.05) is 11.6 Å². The second kappa shape index (κ2) is 8.89. The quantitative estimate of drug-likeness (QED) is 0.721. The zero-order valence-electron chi connectivity index (χ0n) is 15.1. The molecule has 6 nitrogen and oxygen atoms in total. The Hall–Kier alpha value is -2.28. The summed E-state index contributed by atoms with van der Waals surface area (Å²) in [7, 11) is 4.57. The van der Waals surface area contributed by atoms with Crippen LogP contribution in [0.1, 0.15) is 12.5 Å². The van der Waals surface area contributed by atoms with Gasteiger partial charge in [-0.05, 0) is 55.5 Å². The number of ether oxygens (including phenoxy) is 4. The summed E-state index contributed by atoms with van der Waals surface area (Å²) in [5.41, 5.74) is 1.26. The Labute approximate surface area is 158 Å². The number of rotatable bonds is 7. The second-order valence-electron chi connectivity index (χ2n) is 5.48. The van der Waals surface area contributed by atoms with Crippen molar-refractivity contribution >= 4 is 23.4 Å². The molecule has 0 aromatic heterocycles. The van der Waals surface area contributed by atoms with Gasteiger partial charge in [0.2, 0.25) is 5.79 Å². The number of methoxy groups -OCH3 is 3. The van der Waals surface area contributed by atoms with E-state index in [1.807, 2.05) is 0 Å². The molecule has 1 N–H and O–H groups in total. The van der Waals surface area contributed by atoms with E-state index in [0.717, 1.165) is 0 Å². The van der Waals surface area contributed by atoms with E-state index in [9.17, 15) is 4.79 Å². The van der Waals surface area contributed by atoms with Gasteiger partial charge in [-0.25, -0.2) is 4.79 Å². The standard InChI is InChI=1S/C19H22ClNO5/c1-13(26-18(22)21-16-9-7-15(20)8-10-16)19(24-3,25-4)14-5-11-17(23-2)12-6-14/h5-13H,1-4H3,(H,21,22). The van der Waals surface area contributed by atoms with Crippen LogP contribution in [0, 0.1) is 0 Å². The predicted octanol–water partition coefficient (Wildman–Crippen LogP) is 4.43. The zero-order chi connectivity index (χ0) is 19.2. The molecule has 0 aliphatic heterocycles. The predicted molar refractivity (Wildman–Crippen MR) is 99.7 cm³/mol. The number of carbonyl (C=O) groups excluding carboxylic acids is 1. The number of anilines is 1. The van der Waals surface area contributed by atoms with Crippen LogP contribution in [0.15, 0.2) is 48.5 Å². The molecule has 0 aliphatic rings. The second-order valence-corrected chi connectivity index (χ2v) is 5.92. The van der Waals surface area contributed by atoms with Crippen molar-refractivity contribution in [2.45, 2.75) is 18.8 Å². The fourth-order valence-electron chi connectivity index (χ4n) is 2.63. The number of hydrogen-bond acceptors (Lipinski definition) is 5. The molecule has 0 saturated heterocycles. The van der Waals surface area contributed by atoms with E-state index in [0.29, 0.717) is 22.0 Å². The minimum Gasteiger partial charge on any atom is -0.497 e. The van der Waals surface area contributed by atoms with E-state index in [1.165, 1.54) is 14.2 Å². The van der Waals surface area contributed by atoms with Crippen LogP contribution in [0.5, 0.6) is 5.75 Å².